The van der Waals surface area contributed by atoms with Crippen LogP contribution in [0.25, 0.3) is 11.2 Å². The molecule has 4 atom stereocenters. The van der Waals surface area contributed by atoms with Crippen molar-refractivity contribution >= 4 is 45.5 Å². The number of halogens is 1. The summed E-state index contributed by atoms with van der Waals surface area (Å²) in [6.45, 7) is -0.382. The monoisotopic (exact) mass is 500 g/mol. The van der Waals surface area contributed by atoms with E-state index in [9.17, 15) is 15.3 Å². The van der Waals surface area contributed by atoms with Gasteiger partial charge in [-0.25, -0.2) is 15.0 Å². The molecule has 1 aliphatic heterocycles. The van der Waals surface area contributed by atoms with Crippen LogP contribution in [0.2, 0.25) is 0 Å². The zero-order chi connectivity index (χ0) is 19.0. The molecule has 2 aromatic heterocycles. The Hall–Kier alpha value is -1.31. The lowest BCUT2D eigenvalue weighted by Gasteiger charge is -2.16. The molecule has 0 amide bonds. The Bertz CT molecular complexity index is 956. The standard InChI is InChI=1S/C17H17IN4O4S/c18-10-4-2-1-3-9(10)6-27-16-12-15(19-7-20-16)22(8-21-12)17-14(25)13(24)11(5-23)26-17/h1-4,7-8,11,13-14,17,23-25H,5-6H2. The molecule has 1 saturated heterocycles. The van der Waals surface area contributed by atoms with Crippen molar-refractivity contribution in [3.05, 3.63) is 46.1 Å². The summed E-state index contributed by atoms with van der Waals surface area (Å²) in [7, 11) is 0. The molecule has 3 heterocycles. The number of aromatic nitrogens is 4. The van der Waals surface area contributed by atoms with Gasteiger partial charge in [0.1, 0.15) is 35.2 Å². The van der Waals surface area contributed by atoms with E-state index < -0.39 is 24.5 Å². The first kappa shape index (κ1) is 19.0. The maximum atomic E-state index is 10.3. The van der Waals surface area contributed by atoms with Gasteiger partial charge in [0.15, 0.2) is 11.9 Å². The number of imidazole rings is 1. The van der Waals surface area contributed by atoms with E-state index in [-0.39, 0.29) is 6.61 Å². The molecule has 27 heavy (non-hydrogen) atoms. The molecule has 1 aliphatic rings. The van der Waals surface area contributed by atoms with E-state index in [1.165, 1.54) is 21.8 Å². The molecule has 0 bridgehead atoms. The molecule has 8 nitrogen and oxygen atoms in total. The fraction of sp³-hybridized carbons (Fsp3) is 0.353. The molecule has 0 spiro atoms. The highest BCUT2D eigenvalue weighted by atomic mass is 127. The van der Waals surface area contributed by atoms with Crippen molar-refractivity contribution in [2.75, 3.05) is 6.61 Å². The second kappa shape index (κ2) is 7.97. The molecule has 1 aromatic carbocycles. The minimum atomic E-state index is -1.18. The molecule has 3 N–H and O–H groups in total. The third kappa shape index (κ3) is 3.57. The van der Waals surface area contributed by atoms with Crippen LogP contribution in [0.15, 0.2) is 41.9 Å². The molecule has 142 valence electrons. The van der Waals surface area contributed by atoms with Crippen LogP contribution >= 0.6 is 34.4 Å². The van der Waals surface area contributed by atoms with E-state index in [4.69, 9.17) is 4.74 Å². The summed E-state index contributed by atoms with van der Waals surface area (Å²) in [5.41, 5.74) is 2.31. The SMILES string of the molecule is OCC1OC(n2cnc3c(SCc4ccccc4I)ncnc32)C(O)C1O. The van der Waals surface area contributed by atoms with Crippen LogP contribution in [-0.2, 0) is 10.5 Å². The normalized spacial score (nSPS) is 25.3. The van der Waals surface area contributed by atoms with Crippen molar-refractivity contribution in [1.29, 1.82) is 0 Å². The summed E-state index contributed by atoms with van der Waals surface area (Å²) in [6, 6.07) is 8.14. The lowest BCUT2D eigenvalue weighted by atomic mass is 10.1. The largest absolute Gasteiger partial charge is 0.394 e. The van der Waals surface area contributed by atoms with Gasteiger partial charge in [-0.05, 0) is 34.2 Å². The fourth-order valence-electron chi connectivity index (χ4n) is 2.99. The lowest BCUT2D eigenvalue weighted by Crippen LogP contribution is -2.33. The number of fused-ring (bicyclic) bond motifs is 1. The molecule has 4 rings (SSSR count). The Labute approximate surface area is 172 Å². The highest BCUT2D eigenvalue weighted by Crippen LogP contribution is 2.33. The molecule has 4 unspecified atom stereocenters. The van der Waals surface area contributed by atoms with Gasteiger partial charge in [0.25, 0.3) is 0 Å². The number of hydrogen-bond donors (Lipinski definition) is 3. The number of aliphatic hydroxyl groups is 3. The van der Waals surface area contributed by atoms with Gasteiger partial charge in [0, 0.05) is 9.32 Å². The second-order valence-corrected chi connectivity index (χ2v) is 8.24. The summed E-state index contributed by atoms with van der Waals surface area (Å²) in [6.07, 6.45) is -1.12. The van der Waals surface area contributed by atoms with Crippen molar-refractivity contribution in [2.24, 2.45) is 0 Å². The van der Waals surface area contributed by atoms with Crippen LogP contribution in [0, 0.1) is 3.57 Å². The van der Waals surface area contributed by atoms with Gasteiger partial charge in [-0.2, -0.15) is 0 Å². The van der Waals surface area contributed by atoms with Crippen molar-refractivity contribution < 1.29 is 20.1 Å². The van der Waals surface area contributed by atoms with E-state index in [0.29, 0.717) is 11.2 Å². The van der Waals surface area contributed by atoms with Gasteiger partial charge in [0.05, 0.1) is 12.9 Å². The number of hydrogen-bond acceptors (Lipinski definition) is 8. The van der Waals surface area contributed by atoms with Crippen molar-refractivity contribution in [1.82, 2.24) is 19.5 Å². The van der Waals surface area contributed by atoms with Crippen LogP contribution in [-0.4, -0.2) is 59.8 Å². The average molecular weight is 500 g/mol. The van der Waals surface area contributed by atoms with Gasteiger partial charge < -0.3 is 20.1 Å². The van der Waals surface area contributed by atoms with Gasteiger partial charge >= 0.3 is 0 Å². The van der Waals surface area contributed by atoms with E-state index in [0.717, 1.165) is 10.8 Å². The molecule has 0 radical (unpaired) electrons. The number of benzene rings is 1. The van der Waals surface area contributed by atoms with Crippen LogP contribution in [0.3, 0.4) is 0 Å². The van der Waals surface area contributed by atoms with Crippen LogP contribution in [0.5, 0.6) is 0 Å². The van der Waals surface area contributed by atoms with E-state index in [1.807, 2.05) is 12.1 Å². The fourth-order valence-corrected chi connectivity index (χ4v) is 4.78. The van der Waals surface area contributed by atoms with Crippen molar-refractivity contribution in [3.8, 4) is 0 Å². The Morgan fingerprint density at radius 1 is 1.15 bits per heavy atom. The minimum Gasteiger partial charge on any atom is -0.394 e. The van der Waals surface area contributed by atoms with Gasteiger partial charge in [-0.3, -0.25) is 4.57 Å². The van der Waals surface area contributed by atoms with Gasteiger partial charge in [-0.1, -0.05) is 30.0 Å². The van der Waals surface area contributed by atoms with Crippen LogP contribution in [0.1, 0.15) is 11.8 Å². The van der Waals surface area contributed by atoms with Crippen molar-refractivity contribution in [3.63, 3.8) is 0 Å². The summed E-state index contributed by atoms with van der Waals surface area (Å²) >= 11 is 3.86. The number of aliphatic hydroxyl groups excluding tert-OH is 3. The third-order valence-electron chi connectivity index (χ3n) is 4.44. The summed E-state index contributed by atoms with van der Waals surface area (Å²) < 4.78 is 8.33. The highest BCUT2D eigenvalue weighted by Gasteiger charge is 2.44. The Morgan fingerprint density at radius 2 is 1.96 bits per heavy atom. The summed E-state index contributed by atoms with van der Waals surface area (Å²) in [4.78, 5) is 13.0. The Kier molecular flexibility index (Phi) is 5.62. The summed E-state index contributed by atoms with van der Waals surface area (Å²) in [5, 5.41) is 30.2. The summed E-state index contributed by atoms with van der Waals surface area (Å²) in [5.74, 6) is 0.742. The van der Waals surface area contributed by atoms with Crippen molar-refractivity contribution in [2.45, 2.75) is 35.3 Å². The quantitative estimate of drug-likeness (QED) is 0.273. The van der Waals surface area contributed by atoms with Gasteiger partial charge in [-0.15, -0.1) is 0 Å². The Balaban J connectivity index is 1.61. The maximum absolute atomic E-state index is 10.3. The molecular formula is C17H17IN4O4S. The van der Waals surface area contributed by atoms with Crippen LogP contribution < -0.4 is 0 Å². The first-order chi connectivity index (χ1) is 13.1. The number of nitrogens with zero attached hydrogens (tertiary/aromatic N) is 4. The Morgan fingerprint density at radius 3 is 2.70 bits per heavy atom. The smallest absolute Gasteiger partial charge is 0.166 e. The highest BCUT2D eigenvalue weighted by molar-refractivity contribution is 14.1. The van der Waals surface area contributed by atoms with E-state index in [2.05, 4.69) is 49.7 Å². The number of rotatable bonds is 5. The topological polar surface area (TPSA) is 114 Å². The van der Waals surface area contributed by atoms with Gasteiger partial charge in [0.2, 0.25) is 0 Å². The first-order valence-electron chi connectivity index (χ1n) is 8.26. The zero-order valence-corrected chi connectivity index (χ0v) is 17.0. The zero-order valence-electron chi connectivity index (χ0n) is 14.0. The molecule has 3 aromatic rings. The molecular weight excluding hydrogens is 483 g/mol. The minimum absolute atomic E-state index is 0.382. The first-order valence-corrected chi connectivity index (χ1v) is 10.3. The third-order valence-corrected chi connectivity index (χ3v) is 6.52. The molecule has 0 aliphatic carbocycles. The number of thioether (sulfide) groups is 1. The second-order valence-electron chi connectivity index (χ2n) is 6.11. The predicted molar refractivity (Wildman–Crippen MR) is 107 cm³/mol. The lowest BCUT2D eigenvalue weighted by molar-refractivity contribution is -0.0511. The molecule has 1 fully saturated rings. The number of ether oxygens (including phenoxy) is 1. The van der Waals surface area contributed by atoms with Crippen LogP contribution in [0.4, 0.5) is 0 Å². The van der Waals surface area contributed by atoms with E-state index >= 15 is 0 Å². The maximum Gasteiger partial charge on any atom is 0.166 e. The molecule has 0 saturated carbocycles. The predicted octanol–water partition coefficient (Wildman–Crippen LogP) is 1.33. The molecule has 10 heteroatoms. The van der Waals surface area contributed by atoms with E-state index in [1.54, 1.807) is 16.3 Å². The average Bonchev–Trinajstić information content (AvgIpc) is 3.23.